The Labute approximate surface area is 115 Å². The minimum Gasteiger partial charge on any atom is -0.294 e. The van der Waals surface area contributed by atoms with Crippen LogP contribution in [0, 0.1) is 0 Å². The molecular formula is C14H15BrOS. The Morgan fingerprint density at radius 1 is 1.24 bits per heavy atom. The number of allylic oxidation sites excluding steroid dienone is 2. The van der Waals surface area contributed by atoms with Crippen LogP contribution in [0.4, 0.5) is 0 Å². The summed E-state index contributed by atoms with van der Waals surface area (Å²) in [6.45, 7) is 0. The lowest BCUT2D eigenvalue weighted by Gasteiger charge is -2.11. The predicted molar refractivity (Wildman–Crippen MR) is 76.4 cm³/mol. The fraction of sp³-hybridized carbons (Fsp3) is 0.357. The summed E-state index contributed by atoms with van der Waals surface area (Å²) in [4.78, 5) is 13.1. The lowest BCUT2D eigenvalue weighted by atomic mass is 9.97. The summed E-state index contributed by atoms with van der Waals surface area (Å²) in [5, 5.41) is 0. The number of Topliss-reactive ketones (excluding diaryl/α,β-unsaturated/α-hetero) is 1. The van der Waals surface area contributed by atoms with Gasteiger partial charge in [-0.3, -0.25) is 4.79 Å². The number of halogens is 1. The molecule has 1 aromatic rings. The summed E-state index contributed by atoms with van der Waals surface area (Å²) in [5.74, 6) is 0.866. The molecule has 0 fully saturated rings. The molecular weight excluding hydrogens is 296 g/mol. The van der Waals surface area contributed by atoms with Crippen LogP contribution in [0.25, 0.3) is 0 Å². The van der Waals surface area contributed by atoms with E-state index in [-0.39, 0.29) is 0 Å². The highest BCUT2D eigenvalue weighted by Crippen LogP contribution is 2.24. The number of benzene rings is 1. The van der Waals surface area contributed by atoms with Gasteiger partial charge in [0, 0.05) is 9.37 Å². The molecule has 0 radical (unpaired) electrons. The second-order valence-electron chi connectivity index (χ2n) is 4.14. The van der Waals surface area contributed by atoms with Crippen molar-refractivity contribution < 1.29 is 4.79 Å². The van der Waals surface area contributed by atoms with Crippen molar-refractivity contribution in [3.05, 3.63) is 40.4 Å². The van der Waals surface area contributed by atoms with E-state index in [9.17, 15) is 4.79 Å². The van der Waals surface area contributed by atoms with Crippen molar-refractivity contribution in [2.45, 2.75) is 30.6 Å². The average molecular weight is 311 g/mol. The van der Waals surface area contributed by atoms with Gasteiger partial charge in [0.25, 0.3) is 0 Å². The van der Waals surface area contributed by atoms with E-state index in [1.54, 1.807) is 11.8 Å². The van der Waals surface area contributed by atoms with Crippen molar-refractivity contribution in [3.8, 4) is 0 Å². The fourth-order valence-electron chi connectivity index (χ4n) is 1.86. The Morgan fingerprint density at radius 3 is 2.65 bits per heavy atom. The molecule has 0 amide bonds. The molecule has 3 heteroatoms. The zero-order valence-corrected chi connectivity index (χ0v) is 12.0. The number of thioether (sulfide) groups is 1. The van der Waals surface area contributed by atoms with Crippen LogP contribution in [0.5, 0.6) is 0 Å². The van der Waals surface area contributed by atoms with Gasteiger partial charge in [-0.1, -0.05) is 22.0 Å². The molecule has 17 heavy (non-hydrogen) atoms. The van der Waals surface area contributed by atoms with Gasteiger partial charge in [-0.25, -0.2) is 0 Å². The quantitative estimate of drug-likeness (QED) is 0.755. The van der Waals surface area contributed by atoms with Crippen molar-refractivity contribution >= 4 is 33.5 Å². The zero-order valence-electron chi connectivity index (χ0n) is 9.62. The highest BCUT2D eigenvalue weighted by Gasteiger charge is 2.12. The van der Waals surface area contributed by atoms with Gasteiger partial charge in [0.2, 0.25) is 0 Å². The van der Waals surface area contributed by atoms with E-state index < -0.39 is 0 Å². The summed E-state index contributed by atoms with van der Waals surface area (Å²) >= 11 is 5.02. The maximum atomic E-state index is 11.9. The molecule has 90 valence electrons. The Balaban J connectivity index is 1.87. The van der Waals surface area contributed by atoms with Gasteiger partial charge in [-0.2, -0.15) is 0 Å². The monoisotopic (exact) mass is 310 g/mol. The molecule has 0 heterocycles. The van der Waals surface area contributed by atoms with Crippen molar-refractivity contribution in [1.29, 1.82) is 0 Å². The van der Waals surface area contributed by atoms with Gasteiger partial charge >= 0.3 is 0 Å². The largest absolute Gasteiger partial charge is 0.294 e. The molecule has 2 rings (SSSR count). The number of ketones is 1. The maximum absolute atomic E-state index is 11.9. The van der Waals surface area contributed by atoms with Crippen molar-refractivity contribution in [3.63, 3.8) is 0 Å². The molecule has 1 nitrogen and oxygen atoms in total. The van der Waals surface area contributed by atoms with E-state index in [0.717, 1.165) is 27.8 Å². The van der Waals surface area contributed by atoms with Crippen LogP contribution in [0.2, 0.25) is 0 Å². The van der Waals surface area contributed by atoms with Gasteiger partial charge in [0.05, 0.1) is 5.75 Å². The number of rotatable bonds is 4. The van der Waals surface area contributed by atoms with Crippen molar-refractivity contribution in [2.24, 2.45) is 0 Å². The summed E-state index contributed by atoms with van der Waals surface area (Å²) in [6, 6.07) is 8.09. The molecule has 0 atom stereocenters. The molecule has 0 aromatic heterocycles. The van der Waals surface area contributed by atoms with Crippen LogP contribution < -0.4 is 0 Å². The molecule has 0 unspecified atom stereocenters. The summed E-state index contributed by atoms with van der Waals surface area (Å²) in [7, 11) is 0. The van der Waals surface area contributed by atoms with E-state index in [1.807, 2.05) is 24.3 Å². The van der Waals surface area contributed by atoms with Crippen LogP contribution in [-0.4, -0.2) is 11.5 Å². The minimum absolute atomic E-state index is 0.303. The van der Waals surface area contributed by atoms with E-state index in [1.165, 1.54) is 12.8 Å². The lowest BCUT2D eigenvalue weighted by molar-refractivity contribution is -0.113. The predicted octanol–water partition coefficient (Wildman–Crippen LogP) is 4.61. The topological polar surface area (TPSA) is 17.1 Å². The van der Waals surface area contributed by atoms with Gasteiger partial charge < -0.3 is 0 Å². The first-order valence-electron chi connectivity index (χ1n) is 5.86. The molecule has 0 saturated heterocycles. The molecule has 1 aliphatic rings. The number of hydrogen-bond acceptors (Lipinski definition) is 2. The van der Waals surface area contributed by atoms with E-state index in [2.05, 4.69) is 22.0 Å². The van der Waals surface area contributed by atoms with E-state index in [4.69, 9.17) is 0 Å². The molecule has 1 aliphatic carbocycles. The fourth-order valence-corrected chi connectivity index (χ4v) is 2.94. The third-order valence-electron chi connectivity index (χ3n) is 2.83. The summed E-state index contributed by atoms with van der Waals surface area (Å²) < 4.78 is 1.07. The second-order valence-corrected chi connectivity index (χ2v) is 6.11. The molecule has 0 bridgehead atoms. The second kappa shape index (κ2) is 6.41. The van der Waals surface area contributed by atoms with Crippen LogP contribution in [-0.2, 0) is 4.79 Å². The average Bonchev–Trinajstić information content (AvgIpc) is 2.39. The molecule has 0 aliphatic heterocycles. The number of carbonyl (C=O) groups is 1. The van der Waals surface area contributed by atoms with Crippen LogP contribution in [0.3, 0.4) is 0 Å². The van der Waals surface area contributed by atoms with Gasteiger partial charge in [0.1, 0.15) is 0 Å². The van der Waals surface area contributed by atoms with Crippen molar-refractivity contribution in [2.75, 3.05) is 5.75 Å². The molecule has 0 N–H and O–H groups in total. The van der Waals surface area contributed by atoms with Crippen molar-refractivity contribution in [1.82, 2.24) is 0 Å². The highest BCUT2D eigenvalue weighted by molar-refractivity contribution is 9.10. The van der Waals surface area contributed by atoms with Gasteiger partial charge in [-0.05, 0) is 55.5 Å². The number of carbonyl (C=O) groups excluding carboxylic acids is 1. The number of hydrogen-bond donors (Lipinski definition) is 0. The Kier molecular flexibility index (Phi) is 4.86. The van der Waals surface area contributed by atoms with Gasteiger partial charge in [0.15, 0.2) is 5.78 Å². The third kappa shape index (κ3) is 4.00. The van der Waals surface area contributed by atoms with Gasteiger partial charge in [-0.15, -0.1) is 11.8 Å². The first-order chi connectivity index (χ1) is 8.25. The van der Waals surface area contributed by atoms with E-state index >= 15 is 0 Å². The molecule has 0 saturated carbocycles. The third-order valence-corrected chi connectivity index (χ3v) is 4.37. The van der Waals surface area contributed by atoms with Crippen LogP contribution >= 0.6 is 27.7 Å². The normalized spacial score (nSPS) is 15.5. The smallest absolute Gasteiger partial charge is 0.168 e. The first kappa shape index (κ1) is 12.9. The Hall–Kier alpha value is -0.540. The Morgan fingerprint density at radius 2 is 2.00 bits per heavy atom. The van der Waals surface area contributed by atoms with Crippen LogP contribution in [0.1, 0.15) is 25.7 Å². The summed E-state index contributed by atoms with van der Waals surface area (Å²) in [6.07, 6.45) is 6.56. The molecule has 1 aromatic carbocycles. The SMILES string of the molecule is O=C(CSc1ccc(Br)cc1)C1=CCCCC1. The van der Waals surface area contributed by atoms with E-state index in [0.29, 0.717) is 11.5 Å². The lowest BCUT2D eigenvalue weighted by Crippen LogP contribution is -2.08. The van der Waals surface area contributed by atoms with Crippen LogP contribution in [0.15, 0.2) is 45.3 Å². The molecule has 0 spiro atoms. The Bertz CT molecular complexity index is 422. The highest BCUT2D eigenvalue weighted by atomic mass is 79.9. The standard InChI is InChI=1S/C14H15BrOS/c15-12-6-8-13(9-7-12)17-10-14(16)11-4-2-1-3-5-11/h4,6-9H,1-3,5,10H2. The zero-order chi connectivity index (χ0) is 12.1. The maximum Gasteiger partial charge on any atom is 0.168 e. The summed E-state index contributed by atoms with van der Waals surface area (Å²) in [5.41, 5.74) is 1.04. The minimum atomic E-state index is 0.303. The first-order valence-corrected chi connectivity index (χ1v) is 7.64.